The number of carbonyl (C=O) groups is 1. The highest BCUT2D eigenvalue weighted by Gasteiger charge is 2.13. The Morgan fingerprint density at radius 2 is 1.69 bits per heavy atom. The molecule has 1 aliphatic heterocycles. The number of anilines is 1. The summed E-state index contributed by atoms with van der Waals surface area (Å²) in [6.07, 6.45) is 4.25. The lowest BCUT2D eigenvalue weighted by Gasteiger charge is -2.35. The van der Waals surface area contributed by atoms with Crippen LogP contribution in [0, 0.1) is 0 Å². The molecule has 1 fully saturated rings. The molecule has 0 bridgehead atoms. The third kappa shape index (κ3) is 2.63. The number of para-hydroxylation sites is 1. The molecule has 16 heavy (non-hydrogen) atoms. The van der Waals surface area contributed by atoms with Crippen LogP contribution in [0.5, 0.6) is 0 Å². The zero-order valence-electron chi connectivity index (χ0n) is 9.25. The number of hydrogen-bond donors (Lipinski definition) is 0. The minimum atomic E-state index is 0.823. The second kappa shape index (κ2) is 5.35. The summed E-state index contributed by atoms with van der Waals surface area (Å²) in [6.45, 7) is 3.96. The van der Waals surface area contributed by atoms with Gasteiger partial charge < -0.3 is 9.80 Å². The zero-order valence-corrected chi connectivity index (χ0v) is 9.25. The minimum Gasteiger partial charge on any atom is -0.374 e. The first-order valence-electron chi connectivity index (χ1n) is 5.56. The van der Waals surface area contributed by atoms with Crippen LogP contribution in [0.1, 0.15) is 0 Å². The Morgan fingerprint density at radius 3 is 2.31 bits per heavy atom. The molecule has 0 N–H and O–H groups in total. The Bertz CT molecular complexity index is 353. The van der Waals surface area contributed by atoms with Gasteiger partial charge in [0.05, 0.1) is 0 Å². The van der Waals surface area contributed by atoms with Crippen molar-refractivity contribution in [3.05, 3.63) is 42.6 Å². The summed E-state index contributed by atoms with van der Waals surface area (Å²) in [6, 6.07) is 10.4. The average molecular weight is 216 g/mol. The molecule has 0 atom stereocenters. The molecule has 0 saturated carbocycles. The molecule has 0 aliphatic carbocycles. The van der Waals surface area contributed by atoms with E-state index in [9.17, 15) is 4.79 Å². The van der Waals surface area contributed by atoms with E-state index in [1.165, 1.54) is 5.69 Å². The van der Waals surface area contributed by atoms with Crippen LogP contribution in [-0.4, -0.2) is 37.4 Å². The van der Waals surface area contributed by atoms with Gasteiger partial charge >= 0.3 is 0 Å². The number of rotatable bonds is 3. The van der Waals surface area contributed by atoms with Gasteiger partial charge in [-0.05, 0) is 18.2 Å². The van der Waals surface area contributed by atoms with Crippen molar-refractivity contribution in [2.45, 2.75) is 0 Å². The Kier molecular flexibility index (Phi) is 3.59. The number of allylic oxidation sites excluding steroid dienone is 1. The fraction of sp³-hybridized carbons (Fsp3) is 0.308. The van der Waals surface area contributed by atoms with Crippen LogP contribution in [0.4, 0.5) is 5.69 Å². The molecule has 0 aromatic heterocycles. The van der Waals surface area contributed by atoms with Crippen molar-refractivity contribution < 1.29 is 4.79 Å². The molecule has 1 heterocycles. The number of hydrogen-bond acceptors (Lipinski definition) is 3. The molecule has 0 radical (unpaired) electrons. The van der Waals surface area contributed by atoms with Crippen LogP contribution in [0.15, 0.2) is 42.6 Å². The van der Waals surface area contributed by atoms with E-state index >= 15 is 0 Å². The van der Waals surface area contributed by atoms with Gasteiger partial charge in [0.25, 0.3) is 0 Å². The van der Waals surface area contributed by atoms with E-state index in [1.54, 1.807) is 6.08 Å². The topological polar surface area (TPSA) is 23.6 Å². The van der Waals surface area contributed by atoms with E-state index in [-0.39, 0.29) is 0 Å². The van der Waals surface area contributed by atoms with E-state index in [4.69, 9.17) is 0 Å². The van der Waals surface area contributed by atoms with Crippen molar-refractivity contribution in [3.8, 4) is 0 Å². The van der Waals surface area contributed by atoms with Crippen molar-refractivity contribution in [1.29, 1.82) is 0 Å². The molecule has 2 rings (SSSR count). The molecule has 84 valence electrons. The van der Waals surface area contributed by atoms with Crippen molar-refractivity contribution >= 4 is 12.0 Å². The highest BCUT2D eigenvalue weighted by atomic mass is 16.1. The average Bonchev–Trinajstić information content (AvgIpc) is 2.38. The van der Waals surface area contributed by atoms with Gasteiger partial charge in [0.1, 0.15) is 6.29 Å². The van der Waals surface area contributed by atoms with E-state index in [0.29, 0.717) is 0 Å². The molecule has 0 unspecified atom stereocenters. The van der Waals surface area contributed by atoms with Gasteiger partial charge in [-0.3, -0.25) is 4.79 Å². The first-order chi connectivity index (χ1) is 7.90. The highest BCUT2D eigenvalue weighted by Crippen LogP contribution is 2.15. The lowest BCUT2D eigenvalue weighted by molar-refractivity contribution is -0.104. The third-order valence-corrected chi connectivity index (χ3v) is 2.81. The molecule has 3 nitrogen and oxygen atoms in total. The van der Waals surface area contributed by atoms with Crippen molar-refractivity contribution in [1.82, 2.24) is 4.90 Å². The van der Waals surface area contributed by atoms with Crippen molar-refractivity contribution in [2.75, 3.05) is 31.1 Å². The fourth-order valence-electron chi connectivity index (χ4n) is 1.92. The minimum absolute atomic E-state index is 0.823. The number of nitrogens with zero attached hydrogens (tertiary/aromatic N) is 2. The summed E-state index contributed by atoms with van der Waals surface area (Å²) in [5.74, 6) is 0. The zero-order chi connectivity index (χ0) is 11.2. The number of piperazine rings is 1. The Hall–Kier alpha value is -1.77. The highest BCUT2D eigenvalue weighted by molar-refractivity contribution is 5.64. The monoisotopic (exact) mass is 216 g/mol. The largest absolute Gasteiger partial charge is 0.374 e. The number of carbonyl (C=O) groups excluding carboxylic acids is 1. The van der Waals surface area contributed by atoms with E-state index in [2.05, 4.69) is 34.1 Å². The molecule has 0 spiro atoms. The predicted molar refractivity (Wildman–Crippen MR) is 65.4 cm³/mol. The predicted octanol–water partition coefficient (Wildman–Crippen LogP) is 1.52. The summed E-state index contributed by atoms with van der Waals surface area (Å²) in [5.41, 5.74) is 1.28. The maximum atomic E-state index is 10.2. The molecule has 3 heteroatoms. The summed E-state index contributed by atoms with van der Waals surface area (Å²) in [7, 11) is 0. The van der Waals surface area contributed by atoms with Gasteiger partial charge in [0.15, 0.2) is 0 Å². The van der Waals surface area contributed by atoms with Gasteiger partial charge in [0, 0.05) is 38.1 Å². The Labute approximate surface area is 96.0 Å². The van der Waals surface area contributed by atoms with Crippen molar-refractivity contribution in [2.24, 2.45) is 0 Å². The third-order valence-electron chi connectivity index (χ3n) is 2.81. The molecule has 1 aromatic rings. The Balaban J connectivity index is 1.90. The van der Waals surface area contributed by atoms with Gasteiger partial charge in [-0.25, -0.2) is 0 Å². The van der Waals surface area contributed by atoms with Crippen LogP contribution < -0.4 is 4.90 Å². The molecule has 1 saturated heterocycles. The maximum Gasteiger partial charge on any atom is 0.144 e. The van der Waals surface area contributed by atoms with Crippen LogP contribution in [0.2, 0.25) is 0 Å². The van der Waals surface area contributed by atoms with E-state index in [1.807, 2.05) is 12.3 Å². The second-order valence-corrected chi connectivity index (χ2v) is 3.84. The second-order valence-electron chi connectivity index (χ2n) is 3.84. The first-order valence-corrected chi connectivity index (χ1v) is 5.56. The summed E-state index contributed by atoms with van der Waals surface area (Å²) in [4.78, 5) is 14.8. The maximum absolute atomic E-state index is 10.2. The van der Waals surface area contributed by atoms with Crippen molar-refractivity contribution in [3.63, 3.8) is 0 Å². The number of benzene rings is 1. The van der Waals surface area contributed by atoms with Crippen LogP contribution in [0.3, 0.4) is 0 Å². The molecular weight excluding hydrogens is 200 g/mol. The van der Waals surface area contributed by atoms with Crippen LogP contribution in [0.25, 0.3) is 0 Å². The van der Waals surface area contributed by atoms with E-state index in [0.717, 1.165) is 32.5 Å². The van der Waals surface area contributed by atoms with Gasteiger partial charge in [0.2, 0.25) is 0 Å². The molecule has 1 aliphatic rings. The number of aldehydes is 1. The van der Waals surface area contributed by atoms with Gasteiger partial charge in [-0.15, -0.1) is 0 Å². The summed E-state index contributed by atoms with van der Waals surface area (Å²) in [5, 5.41) is 0. The van der Waals surface area contributed by atoms with Gasteiger partial charge in [-0.1, -0.05) is 18.2 Å². The lowest BCUT2D eigenvalue weighted by Crippen LogP contribution is -2.44. The van der Waals surface area contributed by atoms with Crippen LogP contribution in [-0.2, 0) is 4.79 Å². The SMILES string of the molecule is O=CC=CN1CCN(c2ccccc2)CC1. The lowest BCUT2D eigenvalue weighted by atomic mass is 10.2. The smallest absolute Gasteiger partial charge is 0.144 e. The first kappa shape index (κ1) is 10.7. The van der Waals surface area contributed by atoms with E-state index < -0.39 is 0 Å². The molecule has 1 aromatic carbocycles. The summed E-state index contributed by atoms with van der Waals surface area (Å²) >= 11 is 0. The van der Waals surface area contributed by atoms with Crippen LogP contribution >= 0.6 is 0 Å². The standard InChI is InChI=1S/C13H16N2O/c16-12-4-7-14-8-10-15(11-9-14)13-5-2-1-3-6-13/h1-7,12H,8-11H2. The quantitative estimate of drug-likeness (QED) is 0.565. The molecule has 0 amide bonds. The summed E-state index contributed by atoms with van der Waals surface area (Å²) < 4.78 is 0. The molecular formula is C13H16N2O. The van der Waals surface area contributed by atoms with Gasteiger partial charge in [-0.2, -0.15) is 0 Å². The normalized spacial score (nSPS) is 16.8. The Morgan fingerprint density at radius 1 is 1.00 bits per heavy atom. The fourth-order valence-corrected chi connectivity index (χ4v) is 1.92.